The van der Waals surface area contributed by atoms with Crippen LogP contribution < -0.4 is 4.90 Å². The Bertz CT molecular complexity index is 1340. The number of halogens is 1. The fourth-order valence-electron chi connectivity index (χ4n) is 3.99. The van der Waals surface area contributed by atoms with Crippen LogP contribution in [0.3, 0.4) is 0 Å². The Kier molecular flexibility index (Phi) is 6.37. The number of hydrogen-bond donors (Lipinski definition) is 0. The van der Waals surface area contributed by atoms with Crippen LogP contribution in [0.2, 0.25) is 0 Å². The summed E-state index contributed by atoms with van der Waals surface area (Å²) in [6, 6.07) is 44.5. The van der Waals surface area contributed by atoms with Crippen molar-refractivity contribution in [1.29, 1.82) is 0 Å². The van der Waals surface area contributed by atoms with E-state index in [0.717, 1.165) is 32.7 Å². The lowest BCUT2D eigenvalue weighted by atomic mass is 9.99. The molecule has 0 aromatic heterocycles. The highest BCUT2D eigenvalue weighted by molar-refractivity contribution is 9.10. The average Bonchev–Trinajstić information content (AvgIpc) is 2.91. The Labute approximate surface area is 208 Å². The van der Waals surface area contributed by atoms with Crippen LogP contribution in [0.4, 0.5) is 17.1 Å². The number of ketones is 1. The topological polar surface area (TPSA) is 20.3 Å². The molecule has 0 amide bonds. The van der Waals surface area contributed by atoms with Gasteiger partial charge in [-0.05, 0) is 71.8 Å². The molecular weight excluding hydrogens is 482 g/mol. The van der Waals surface area contributed by atoms with Crippen LogP contribution in [0.25, 0.3) is 11.1 Å². The van der Waals surface area contributed by atoms with Crippen LogP contribution in [-0.4, -0.2) is 5.78 Å². The number of carbonyl (C=O) groups excluding carboxylic acids is 1. The second-order valence-corrected chi connectivity index (χ2v) is 8.88. The van der Waals surface area contributed by atoms with Crippen molar-refractivity contribution in [3.63, 3.8) is 0 Å². The van der Waals surface area contributed by atoms with Crippen molar-refractivity contribution in [2.24, 2.45) is 0 Å². The van der Waals surface area contributed by atoms with E-state index in [1.807, 2.05) is 60.7 Å². The molecule has 0 saturated heterocycles. The Morgan fingerprint density at radius 2 is 0.853 bits per heavy atom. The van der Waals surface area contributed by atoms with Gasteiger partial charge in [0.25, 0.3) is 0 Å². The molecule has 0 unspecified atom stereocenters. The second-order valence-electron chi connectivity index (χ2n) is 7.97. The van der Waals surface area contributed by atoms with Gasteiger partial charge >= 0.3 is 0 Å². The monoisotopic (exact) mass is 503 g/mol. The van der Waals surface area contributed by atoms with Gasteiger partial charge in [0.15, 0.2) is 5.78 Å². The third-order valence-electron chi connectivity index (χ3n) is 5.74. The molecule has 0 heterocycles. The van der Waals surface area contributed by atoms with Crippen molar-refractivity contribution in [2.75, 3.05) is 4.90 Å². The Balaban J connectivity index is 1.41. The van der Waals surface area contributed by atoms with Gasteiger partial charge in [-0.25, -0.2) is 0 Å². The molecular formula is C31H22BrNO. The van der Waals surface area contributed by atoms with E-state index in [2.05, 4.69) is 93.6 Å². The lowest BCUT2D eigenvalue weighted by Crippen LogP contribution is -2.09. The zero-order chi connectivity index (χ0) is 23.3. The minimum absolute atomic E-state index is 0.0239. The van der Waals surface area contributed by atoms with Crippen molar-refractivity contribution < 1.29 is 4.79 Å². The van der Waals surface area contributed by atoms with Crippen LogP contribution in [-0.2, 0) is 0 Å². The van der Waals surface area contributed by atoms with Gasteiger partial charge in [-0.2, -0.15) is 0 Å². The van der Waals surface area contributed by atoms with Gasteiger partial charge in [0.2, 0.25) is 0 Å². The predicted octanol–water partition coefficient (Wildman–Crippen LogP) is 8.82. The summed E-state index contributed by atoms with van der Waals surface area (Å²) >= 11 is 3.41. The normalized spacial score (nSPS) is 10.6. The van der Waals surface area contributed by atoms with Crippen molar-refractivity contribution >= 4 is 38.8 Å². The van der Waals surface area contributed by atoms with Crippen molar-refractivity contribution in [3.8, 4) is 11.1 Å². The van der Waals surface area contributed by atoms with Gasteiger partial charge in [-0.15, -0.1) is 0 Å². The van der Waals surface area contributed by atoms with E-state index in [9.17, 15) is 4.79 Å². The molecule has 0 aliphatic rings. The predicted molar refractivity (Wildman–Crippen MR) is 144 cm³/mol. The zero-order valence-electron chi connectivity index (χ0n) is 18.4. The molecule has 0 fully saturated rings. The molecule has 0 aliphatic heterocycles. The van der Waals surface area contributed by atoms with Crippen molar-refractivity contribution in [1.82, 2.24) is 0 Å². The van der Waals surface area contributed by atoms with Gasteiger partial charge in [-0.3, -0.25) is 4.79 Å². The molecule has 5 rings (SSSR count). The van der Waals surface area contributed by atoms with Crippen LogP contribution in [0, 0.1) is 0 Å². The molecule has 0 aliphatic carbocycles. The van der Waals surface area contributed by atoms with Gasteiger partial charge in [0.1, 0.15) is 0 Å². The maximum atomic E-state index is 12.8. The highest BCUT2D eigenvalue weighted by Crippen LogP contribution is 2.35. The molecule has 0 bridgehead atoms. The third kappa shape index (κ3) is 4.70. The maximum absolute atomic E-state index is 12.8. The summed E-state index contributed by atoms with van der Waals surface area (Å²) in [5.74, 6) is 0.0239. The van der Waals surface area contributed by atoms with E-state index >= 15 is 0 Å². The van der Waals surface area contributed by atoms with E-state index in [1.165, 1.54) is 0 Å². The SMILES string of the molecule is O=C(c1ccc(Br)cc1)c1ccc(-c2ccc(N(c3ccccc3)c3ccccc3)cc2)cc1. The Morgan fingerprint density at radius 1 is 0.471 bits per heavy atom. The summed E-state index contributed by atoms with van der Waals surface area (Å²) in [6.07, 6.45) is 0. The molecule has 0 radical (unpaired) electrons. The Morgan fingerprint density at radius 3 is 1.32 bits per heavy atom. The van der Waals surface area contributed by atoms with Gasteiger partial charge in [-0.1, -0.05) is 88.7 Å². The van der Waals surface area contributed by atoms with E-state index in [0.29, 0.717) is 11.1 Å². The first kappa shape index (κ1) is 21.9. The van der Waals surface area contributed by atoms with Crippen molar-refractivity contribution in [3.05, 3.63) is 149 Å². The summed E-state index contributed by atoms with van der Waals surface area (Å²) in [6.45, 7) is 0. The summed E-state index contributed by atoms with van der Waals surface area (Å²) in [5, 5.41) is 0. The molecule has 3 heteroatoms. The highest BCUT2D eigenvalue weighted by Gasteiger charge is 2.12. The first-order valence-electron chi connectivity index (χ1n) is 11.1. The van der Waals surface area contributed by atoms with Crippen molar-refractivity contribution in [2.45, 2.75) is 0 Å². The molecule has 34 heavy (non-hydrogen) atoms. The summed E-state index contributed by atoms with van der Waals surface area (Å²) < 4.78 is 0.959. The summed E-state index contributed by atoms with van der Waals surface area (Å²) in [5.41, 5.74) is 6.85. The smallest absolute Gasteiger partial charge is 0.193 e. The average molecular weight is 504 g/mol. The summed E-state index contributed by atoms with van der Waals surface area (Å²) in [7, 11) is 0. The van der Waals surface area contributed by atoms with Crippen LogP contribution in [0.5, 0.6) is 0 Å². The third-order valence-corrected chi connectivity index (χ3v) is 6.27. The number of para-hydroxylation sites is 2. The maximum Gasteiger partial charge on any atom is 0.193 e. The molecule has 5 aromatic carbocycles. The number of rotatable bonds is 6. The number of nitrogens with zero attached hydrogens (tertiary/aromatic N) is 1. The van der Waals surface area contributed by atoms with E-state index in [-0.39, 0.29) is 5.78 Å². The molecule has 2 nitrogen and oxygen atoms in total. The van der Waals surface area contributed by atoms with Crippen LogP contribution in [0.1, 0.15) is 15.9 Å². The Hall–Kier alpha value is -3.95. The van der Waals surface area contributed by atoms with Gasteiger partial charge in [0, 0.05) is 32.7 Å². The molecule has 0 atom stereocenters. The lowest BCUT2D eigenvalue weighted by molar-refractivity contribution is 0.103. The molecule has 0 N–H and O–H groups in total. The fourth-order valence-corrected chi connectivity index (χ4v) is 4.25. The standard InChI is InChI=1S/C31H22BrNO/c32-27-19-15-26(16-20-27)31(34)25-13-11-23(12-14-25)24-17-21-30(22-18-24)33(28-7-3-1-4-8-28)29-9-5-2-6-10-29/h1-22H. The lowest BCUT2D eigenvalue weighted by Gasteiger charge is -2.25. The quantitative estimate of drug-likeness (QED) is 0.215. The minimum atomic E-state index is 0.0239. The highest BCUT2D eigenvalue weighted by atomic mass is 79.9. The van der Waals surface area contributed by atoms with Gasteiger partial charge in [0.05, 0.1) is 0 Å². The molecule has 164 valence electrons. The van der Waals surface area contributed by atoms with E-state index in [1.54, 1.807) is 0 Å². The first-order chi connectivity index (χ1) is 16.7. The largest absolute Gasteiger partial charge is 0.311 e. The fraction of sp³-hybridized carbons (Fsp3) is 0. The number of anilines is 3. The molecule has 5 aromatic rings. The number of benzene rings is 5. The van der Waals surface area contributed by atoms with Crippen LogP contribution in [0.15, 0.2) is 138 Å². The first-order valence-corrected chi connectivity index (χ1v) is 11.9. The zero-order valence-corrected chi connectivity index (χ0v) is 20.0. The van der Waals surface area contributed by atoms with Crippen LogP contribution >= 0.6 is 15.9 Å². The van der Waals surface area contributed by atoms with Gasteiger partial charge < -0.3 is 4.90 Å². The molecule has 0 spiro atoms. The number of carbonyl (C=O) groups is 1. The van der Waals surface area contributed by atoms with E-state index < -0.39 is 0 Å². The summed E-state index contributed by atoms with van der Waals surface area (Å²) in [4.78, 5) is 15.0. The molecule has 0 saturated carbocycles. The van der Waals surface area contributed by atoms with E-state index in [4.69, 9.17) is 0 Å². The second kappa shape index (κ2) is 9.90. The number of hydrogen-bond acceptors (Lipinski definition) is 2. The minimum Gasteiger partial charge on any atom is -0.311 e.